The molecule has 1 unspecified atom stereocenters. The fraction of sp³-hybridized carbons (Fsp3) is 0.455. The molecule has 2 nitrogen and oxygen atoms in total. The molecule has 0 aliphatic carbocycles. The molecule has 0 amide bonds. The SMILES string of the molecule is CCN(C)Cc1cccc(C)c1Pc1cc(C)cc(C(C)(C)C)c1O. The lowest BCUT2D eigenvalue weighted by atomic mass is 9.85. The summed E-state index contributed by atoms with van der Waals surface area (Å²) in [6.45, 7) is 14.9. The first-order chi connectivity index (χ1) is 11.6. The van der Waals surface area contributed by atoms with E-state index in [2.05, 4.69) is 83.8 Å². The minimum Gasteiger partial charge on any atom is -0.507 e. The highest BCUT2D eigenvalue weighted by molar-refractivity contribution is 7.56. The Morgan fingerprint density at radius 2 is 1.80 bits per heavy atom. The lowest BCUT2D eigenvalue weighted by molar-refractivity contribution is 0.346. The molecule has 0 aliphatic heterocycles. The third kappa shape index (κ3) is 4.84. The molecule has 0 saturated heterocycles. The first-order valence-electron chi connectivity index (χ1n) is 9.01. The summed E-state index contributed by atoms with van der Waals surface area (Å²) in [5.74, 6) is 0.467. The fourth-order valence-electron chi connectivity index (χ4n) is 3.02. The summed E-state index contributed by atoms with van der Waals surface area (Å²) in [6, 6.07) is 10.8. The van der Waals surface area contributed by atoms with Gasteiger partial charge in [-0.2, -0.15) is 0 Å². The smallest absolute Gasteiger partial charge is 0.127 e. The standard InChI is InChI=1S/C22H32NOP/c1-8-23(7)14-17-11-9-10-16(3)21(17)25-19-13-15(2)12-18(20(19)24)22(4,5)6/h9-13,24-25H,8,14H2,1-7H3. The van der Waals surface area contributed by atoms with Crippen LogP contribution in [0.2, 0.25) is 0 Å². The number of nitrogens with zero attached hydrogens (tertiary/aromatic N) is 1. The molecule has 0 fully saturated rings. The van der Waals surface area contributed by atoms with Gasteiger partial charge in [-0.3, -0.25) is 0 Å². The summed E-state index contributed by atoms with van der Waals surface area (Å²) >= 11 is 0. The molecule has 0 bridgehead atoms. The van der Waals surface area contributed by atoms with Crippen molar-refractivity contribution in [1.82, 2.24) is 4.90 Å². The number of benzene rings is 2. The molecule has 0 spiro atoms. The number of aromatic hydroxyl groups is 1. The van der Waals surface area contributed by atoms with Crippen molar-refractivity contribution in [3.63, 3.8) is 0 Å². The van der Waals surface area contributed by atoms with E-state index >= 15 is 0 Å². The van der Waals surface area contributed by atoms with E-state index < -0.39 is 0 Å². The predicted molar refractivity (Wildman–Crippen MR) is 112 cm³/mol. The van der Waals surface area contributed by atoms with Crippen molar-refractivity contribution in [2.75, 3.05) is 13.6 Å². The van der Waals surface area contributed by atoms with Crippen LogP contribution < -0.4 is 10.6 Å². The van der Waals surface area contributed by atoms with Crippen molar-refractivity contribution in [2.24, 2.45) is 0 Å². The number of hydrogen-bond acceptors (Lipinski definition) is 2. The maximum Gasteiger partial charge on any atom is 0.127 e. The van der Waals surface area contributed by atoms with Crippen LogP contribution in [-0.4, -0.2) is 23.6 Å². The molecule has 1 N–H and O–H groups in total. The monoisotopic (exact) mass is 357 g/mol. The summed E-state index contributed by atoms with van der Waals surface area (Å²) < 4.78 is 0. The number of phenolic OH excluding ortho intramolecular Hbond substituents is 1. The zero-order valence-corrected chi connectivity index (χ0v) is 17.7. The van der Waals surface area contributed by atoms with Crippen LogP contribution in [0.15, 0.2) is 30.3 Å². The van der Waals surface area contributed by atoms with Crippen LogP contribution in [0, 0.1) is 13.8 Å². The summed E-state index contributed by atoms with van der Waals surface area (Å²) in [6.07, 6.45) is 0. The van der Waals surface area contributed by atoms with E-state index in [0.29, 0.717) is 14.3 Å². The van der Waals surface area contributed by atoms with Crippen molar-refractivity contribution in [3.05, 3.63) is 52.6 Å². The predicted octanol–water partition coefficient (Wildman–Crippen LogP) is 4.39. The zero-order chi connectivity index (χ0) is 18.8. The second kappa shape index (κ2) is 7.89. The molecular weight excluding hydrogens is 325 g/mol. The van der Waals surface area contributed by atoms with Gasteiger partial charge in [0.1, 0.15) is 5.75 Å². The van der Waals surface area contributed by atoms with Gasteiger partial charge in [0.15, 0.2) is 0 Å². The molecule has 0 heterocycles. The zero-order valence-electron chi connectivity index (χ0n) is 16.7. The van der Waals surface area contributed by atoms with Crippen LogP contribution in [0.4, 0.5) is 0 Å². The van der Waals surface area contributed by atoms with Gasteiger partial charge in [-0.05, 0) is 60.9 Å². The van der Waals surface area contributed by atoms with E-state index in [4.69, 9.17) is 0 Å². The van der Waals surface area contributed by atoms with Crippen LogP contribution in [0.1, 0.15) is 49.9 Å². The quantitative estimate of drug-likeness (QED) is 0.803. The fourth-order valence-corrected chi connectivity index (χ4v) is 4.45. The van der Waals surface area contributed by atoms with E-state index in [1.54, 1.807) is 0 Å². The number of rotatable bonds is 5. The molecule has 2 aromatic carbocycles. The maximum absolute atomic E-state index is 10.9. The van der Waals surface area contributed by atoms with Gasteiger partial charge < -0.3 is 10.0 Å². The van der Waals surface area contributed by atoms with E-state index in [9.17, 15) is 5.11 Å². The Kier molecular flexibility index (Phi) is 6.30. The molecule has 2 aromatic rings. The van der Waals surface area contributed by atoms with Crippen molar-refractivity contribution < 1.29 is 5.11 Å². The molecule has 0 radical (unpaired) electrons. The highest BCUT2D eigenvalue weighted by Gasteiger charge is 2.21. The molecule has 2 rings (SSSR count). The Morgan fingerprint density at radius 1 is 1.12 bits per heavy atom. The molecule has 0 aromatic heterocycles. The average Bonchev–Trinajstić information content (AvgIpc) is 2.52. The van der Waals surface area contributed by atoms with Crippen LogP contribution in [0.3, 0.4) is 0 Å². The first-order valence-corrected chi connectivity index (χ1v) is 10.0. The lowest BCUT2D eigenvalue weighted by Crippen LogP contribution is -2.23. The van der Waals surface area contributed by atoms with Crippen LogP contribution >= 0.6 is 8.58 Å². The normalized spacial score (nSPS) is 12.5. The van der Waals surface area contributed by atoms with E-state index in [-0.39, 0.29) is 5.41 Å². The van der Waals surface area contributed by atoms with Crippen LogP contribution in [0.5, 0.6) is 5.75 Å². The van der Waals surface area contributed by atoms with Gasteiger partial charge in [-0.1, -0.05) is 60.5 Å². The van der Waals surface area contributed by atoms with Crippen LogP contribution in [-0.2, 0) is 12.0 Å². The summed E-state index contributed by atoms with van der Waals surface area (Å²) in [7, 11) is 2.62. The highest BCUT2D eigenvalue weighted by atomic mass is 31.1. The topological polar surface area (TPSA) is 23.5 Å². The Morgan fingerprint density at radius 3 is 2.40 bits per heavy atom. The van der Waals surface area contributed by atoms with Gasteiger partial charge >= 0.3 is 0 Å². The highest BCUT2D eigenvalue weighted by Crippen LogP contribution is 2.33. The van der Waals surface area contributed by atoms with Gasteiger partial charge in [-0.15, -0.1) is 0 Å². The number of aryl methyl sites for hydroxylation is 2. The van der Waals surface area contributed by atoms with Crippen molar-refractivity contribution in [1.29, 1.82) is 0 Å². The van der Waals surface area contributed by atoms with Crippen molar-refractivity contribution in [3.8, 4) is 5.75 Å². The molecular formula is C22H32NOP. The Labute approximate surface area is 155 Å². The van der Waals surface area contributed by atoms with Gasteiger partial charge in [0.05, 0.1) is 0 Å². The van der Waals surface area contributed by atoms with E-state index in [0.717, 1.165) is 24.0 Å². The second-order valence-corrected chi connectivity index (χ2v) is 9.31. The average molecular weight is 357 g/mol. The molecule has 25 heavy (non-hydrogen) atoms. The number of phenols is 1. The summed E-state index contributed by atoms with van der Waals surface area (Å²) in [5.41, 5.74) is 4.85. The van der Waals surface area contributed by atoms with E-state index in [1.165, 1.54) is 22.0 Å². The third-order valence-electron chi connectivity index (χ3n) is 4.66. The van der Waals surface area contributed by atoms with Gasteiger partial charge in [0.25, 0.3) is 0 Å². The molecule has 0 aliphatic rings. The van der Waals surface area contributed by atoms with Crippen LogP contribution in [0.25, 0.3) is 0 Å². The maximum atomic E-state index is 10.9. The number of hydrogen-bond donors (Lipinski definition) is 1. The second-order valence-electron chi connectivity index (χ2n) is 8.02. The lowest BCUT2D eigenvalue weighted by Gasteiger charge is -2.24. The summed E-state index contributed by atoms with van der Waals surface area (Å²) in [4.78, 5) is 2.32. The van der Waals surface area contributed by atoms with Crippen molar-refractivity contribution in [2.45, 2.75) is 53.5 Å². The molecule has 3 heteroatoms. The third-order valence-corrected chi connectivity index (χ3v) is 6.28. The van der Waals surface area contributed by atoms with Gasteiger partial charge in [-0.25, -0.2) is 0 Å². The van der Waals surface area contributed by atoms with Crippen molar-refractivity contribution >= 4 is 19.2 Å². The first kappa shape index (κ1) is 19.9. The molecule has 136 valence electrons. The molecule has 0 saturated carbocycles. The Balaban J connectivity index is 2.49. The minimum absolute atomic E-state index is 0.0632. The minimum atomic E-state index is -0.0632. The Hall–Kier alpha value is -1.37. The van der Waals surface area contributed by atoms with Gasteiger partial charge in [0, 0.05) is 17.4 Å². The molecule has 1 atom stereocenters. The summed E-state index contributed by atoms with van der Waals surface area (Å²) in [5, 5.41) is 13.3. The Bertz CT molecular complexity index is 746. The van der Waals surface area contributed by atoms with Gasteiger partial charge in [0.2, 0.25) is 0 Å². The largest absolute Gasteiger partial charge is 0.507 e. The van der Waals surface area contributed by atoms with E-state index in [1.807, 2.05) is 0 Å².